The summed E-state index contributed by atoms with van der Waals surface area (Å²) in [5, 5.41) is 2.86. The topological polar surface area (TPSA) is 56.8 Å². The number of thioether (sulfide) groups is 1. The molecule has 0 aliphatic carbocycles. The summed E-state index contributed by atoms with van der Waals surface area (Å²) in [6, 6.07) is 13.7. The Hall–Kier alpha value is -2.34. The van der Waals surface area contributed by atoms with E-state index in [1.54, 1.807) is 14.2 Å². The molecule has 1 N–H and O–H groups in total. The van der Waals surface area contributed by atoms with Gasteiger partial charge in [-0.25, -0.2) is 0 Å². The molecule has 0 saturated heterocycles. The highest BCUT2D eigenvalue weighted by Crippen LogP contribution is 2.28. The highest BCUT2D eigenvalue weighted by Gasteiger charge is 2.14. The van der Waals surface area contributed by atoms with Crippen molar-refractivity contribution in [1.82, 2.24) is 5.32 Å². The maximum atomic E-state index is 12.3. The summed E-state index contributed by atoms with van der Waals surface area (Å²) >= 11 is 1.54. The molecule has 6 heteroatoms. The molecular weight excluding hydrogens is 374 g/mol. The van der Waals surface area contributed by atoms with Crippen LogP contribution in [0.3, 0.4) is 0 Å². The molecule has 0 saturated carbocycles. The van der Waals surface area contributed by atoms with Crippen molar-refractivity contribution in [3.05, 3.63) is 48.0 Å². The number of carbonyl (C=O) groups is 1. The van der Waals surface area contributed by atoms with E-state index in [2.05, 4.69) is 5.32 Å². The number of carbonyl (C=O) groups excluding carboxylic acids is 1. The van der Waals surface area contributed by atoms with E-state index in [1.807, 2.05) is 56.3 Å². The average Bonchev–Trinajstić information content (AvgIpc) is 2.72. The fourth-order valence-corrected chi connectivity index (χ4v) is 3.59. The number of methoxy groups -OCH3 is 2. The van der Waals surface area contributed by atoms with E-state index in [1.165, 1.54) is 11.8 Å². The second-order valence-corrected chi connectivity index (χ2v) is 7.66. The Morgan fingerprint density at radius 1 is 1.07 bits per heavy atom. The summed E-state index contributed by atoms with van der Waals surface area (Å²) < 4.78 is 16.1. The second kappa shape index (κ2) is 11.5. The zero-order valence-corrected chi connectivity index (χ0v) is 17.8. The van der Waals surface area contributed by atoms with Crippen LogP contribution in [0.2, 0.25) is 0 Å². The largest absolute Gasteiger partial charge is 0.497 e. The fraction of sp³-hybridized carbons (Fsp3) is 0.409. The average molecular weight is 404 g/mol. The Kier molecular flexibility index (Phi) is 9.01. The minimum absolute atomic E-state index is 0.0464. The van der Waals surface area contributed by atoms with Gasteiger partial charge >= 0.3 is 0 Å². The molecule has 0 heterocycles. The molecule has 0 fully saturated rings. The van der Waals surface area contributed by atoms with Crippen LogP contribution in [0, 0.1) is 0 Å². The first-order valence-corrected chi connectivity index (χ1v) is 10.3. The van der Waals surface area contributed by atoms with Crippen LogP contribution in [-0.4, -0.2) is 38.5 Å². The lowest BCUT2D eigenvalue weighted by Crippen LogP contribution is -2.31. The van der Waals surface area contributed by atoms with Gasteiger partial charge in [0, 0.05) is 11.4 Å². The first-order valence-electron chi connectivity index (χ1n) is 9.45. The molecule has 0 unspecified atom stereocenters. The van der Waals surface area contributed by atoms with Crippen molar-refractivity contribution in [1.29, 1.82) is 0 Å². The third-order valence-corrected chi connectivity index (χ3v) is 5.32. The molecule has 28 heavy (non-hydrogen) atoms. The molecule has 1 atom stereocenters. The standard InChI is InChI=1S/C22H29NO4S/c1-5-27-20-13-8-17(15-21(20)26-4)7-6-14-23-22(24)16(2)28-19-11-9-18(25-3)10-12-19/h8-13,15-16H,5-7,14H2,1-4H3,(H,23,24)/t16-/m1/s1. The lowest BCUT2D eigenvalue weighted by Gasteiger charge is -2.13. The van der Waals surface area contributed by atoms with Gasteiger partial charge in [-0.05, 0) is 68.7 Å². The molecule has 152 valence electrons. The van der Waals surface area contributed by atoms with Crippen molar-refractivity contribution in [2.45, 2.75) is 36.8 Å². The van der Waals surface area contributed by atoms with Crippen LogP contribution in [0.5, 0.6) is 17.2 Å². The maximum absolute atomic E-state index is 12.3. The molecule has 2 aromatic carbocycles. The maximum Gasteiger partial charge on any atom is 0.233 e. The van der Waals surface area contributed by atoms with Crippen molar-refractivity contribution in [2.75, 3.05) is 27.4 Å². The minimum Gasteiger partial charge on any atom is -0.497 e. The van der Waals surface area contributed by atoms with E-state index in [-0.39, 0.29) is 11.2 Å². The second-order valence-electron chi connectivity index (χ2n) is 6.25. The van der Waals surface area contributed by atoms with Gasteiger partial charge in [0.05, 0.1) is 26.1 Å². The lowest BCUT2D eigenvalue weighted by atomic mass is 10.1. The number of ether oxygens (including phenoxy) is 3. The number of benzene rings is 2. The lowest BCUT2D eigenvalue weighted by molar-refractivity contribution is -0.120. The van der Waals surface area contributed by atoms with Gasteiger partial charge in [0.15, 0.2) is 11.5 Å². The number of amides is 1. The van der Waals surface area contributed by atoms with E-state index in [0.717, 1.165) is 40.5 Å². The Balaban J connectivity index is 1.75. The summed E-state index contributed by atoms with van der Waals surface area (Å²) in [5.74, 6) is 2.36. The highest BCUT2D eigenvalue weighted by molar-refractivity contribution is 8.00. The highest BCUT2D eigenvalue weighted by atomic mass is 32.2. The van der Waals surface area contributed by atoms with Gasteiger partial charge in [-0.1, -0.05) is 6.07 Å². The third kappa shape index (κ3) is 6.68. The van der Waals surface area contributed by atoms with Gasteiger partial charge in [-0.3, -0.25) is 4.79 Å². The summed E-state index contributed by atoms with van der Waals surface area (Å²) in [6.45, 7) is 5.11. The van der Waals surface area contributed by atoms with Crippen molar-refractivity contribution in [2.24, 2.45) is 0 Å². The first-order chi connectivity index (χ1) is 13.6. The predicted molar refractivity (Wildman–Crippen MR) is 114 cm³/mol. The van der Waals surface area contributed by atoms with E-state index in [9.17, 15) is 4.79 Å². The fourth-order valence-electron chi connectivity index (χ4n) is 2.70. The molecule has 0 aromatic heterocycles. The van der Waals surface area contributed by atoms with Crippen molar-refractivity contribution in [3.63, 3.8) is 0 Å². The van der Waals surface area contributed by atoms with Gasteiger partial charge in [0.1, 0.15) is 5.75 Å². The summed E-state index contributed by atoms with van der Waals surface area (Å²) in [5.41, 5.74) is 1.16. The van der Waals surface area contributed by atoms with Gasteiger partial charge in [0.25, 0.3) is 0 Å². The van der Waals surface area contributed by atoms with E-state index in [4.69, 9.17) is 14.2 Å². The van der Waals surface area contributed by atoms with E-state index < -0.39 is 0 Å². The first kappa shape index (κ1) is 22.0. The normalized spacial score (nSPS) is 11.6. The Morgan fingerprint density at radius 2 is 1.82 bits per heavy atom. The summed E-state index contributed by atoms with van der Waals surface area (Å²) in [6.07, 6.45) is 1.73. The zero-order valence-electron chi connectivity index (χ0n) is 17.0. The van der Waals surface area contributed by atoms with Crippen molar-refractivity contribution >= 4 is 17.7 Å². The summed E-state index contributed by atoms with van der Waals surface area (Å²) in [7, 11) is 3.28. The molecule has 0 bridgehead atoms. The minimum atomic E-state index is -0.154. The molecular formula is C22H29NO4S. The number of hydrogen-bond donors (Lipinski definition) is 1. The molecule has 0 radical (unpaired) electrons. The molecule has 0 spiro atoms. The Labute approximate surface area is 171 Å². The van der Waals surface area contributed by atoms with Gasteiger partial charge in [-0.2, -0.15) is 0 Å². The van der Waals surface area contributed by atoms with E-state index in [0.29, 0.717) is 13.2 Å². The van der Waals surface area contributed by atoms with Crippen molar-refractivity contribution < 1.29 is 19.0 Å². The zero-order chi connectivity index (χ0) is 20.4. The molecule has 0 aliphatic heterocycles. The number of nitrogens with one attached hydrogen (secondary N) is 1. The van der Waals surface area contributed by atoms with Crippen LogP contribution in [0.15, 0.2) is 47.4 Å². The molecule has 2 aromatic rings. The monoisotopic (exact) mass is 403 g/mol. The smallest absolute Gasteiger partial charge is 0.233 e. The molecule has 0 aliphatic rings. The van der Waals surface area contributed by atoms with Gasteiger partial charge in [-0.15, -0.1) is 11.8 Å². The van der Waals surface area contributed by atoms with Gasteiger partial charge in [0.2, 0.25) is 5.91 Å². The van der Waals surface area contributed by atoms with Crippen LogP contribution < -0.4 is 19.5 Å². The van der Waals surface area contributed by atoms with E-state index >= 15 is 0 Å². The SMILES string of the molecule is CCOc1ccc(CCCNC(=O)[C@@H](C)Sc2ccc(OC)cc2)cc1OC. The van der Waals surface area contributed by atoms with Crippen LogP contribution in [0.25, 0.3) is 0 Å². The number of rotatable bonds is 11. The Morgan fingerprint density at radius 3 is 2.46 bits per heavy atom. The van der Waals surface area contributed by atoms with Crippen LogP contribution >= 0.6 is 11.8 Å². The number of aryl methyl sites for hydroxylation is 1. The Bertz CT molecular complexity index is 749. The van der Waals surface area contributed by atoms with Gasteiger partial charge < -0.3 is 19.5 Å². The quantitative estimate of drug-likeness (QED) is 0.447. The molecule has 5 nitrogen and oxygen atoms in total. The van der Waals surface area contributed by atoms with Crippen molar-refractivity contribution in [3.8, 4) is 17.2 Å². The predicted octanol–water partition coefficient (Wildman–Crippen LogP) is 4.33. The molecule has 1 amide bonds. The van der Waals surface area contributed by atoms with Crippen LogP contribution in [-0.2, 0) is 11.2 Å². The summed E-state index contributed by atoms with van der Waals surface area (Å²) in [4.78, 5) is 13.4. The van der Waals surface area contributed by atoms with Crippen LogP contribution in [0.1, 0.15) is 25.8 Å². The third-order valence-electron chi connectivity index (χ3n) is 4.21. The number of hydrogen-bond acceptors (Lipinski definition) is 5. The van der Waals surface area contributed by atoms with Crippen LogP contribution in [0.4, 0.5) is 0 Å². The molecule has 2 rings (SSSR count).